The van der Waals surface area contributed by atoms with Crippen LogP contribution >= 0.6 is 15.9 Å². The molecule has 0 unspecified atom stereocenters. The largest absolute Gasteiger partial charge is 0.350 e. The second-order valence-electron chi connectivity index (χ2n) is 6.73. The molecule has 1 aliphatic rings. The predicted octanol–water partition coefficient (Wildman–Crippen LogP) is 2.84. The van der Waals surface area contributed by atoms with Gasteiger partial charge in [0.15, 0.2) is 0 Å². The highest BCUT2D eigenvalue weighted by molar-refractivity contribution is 9.10. The van der Waals surface area contributed by atoms with Gasteiger partial charge in [0.25, 0.3) is 12.0 Å². The number of rotatable bonds is 5. The van der Waals surface area contributed by atoms with Gasteiger partial charge in [-0.15, -0.1) is 0 Å². The summed E-state index contributed by atoms with van der Waals surface area (Å²) < 4.78 is 41.8. The average molecular weight is 461 g/mol. The van der Waals surface area contributed by atoms with E-state index in [0.29, 0.717) is 11.2 Å². The van der Waals surface area contributed by atoms with Crippen LogP contribution in [0.5, 0.6) is 0 Å². The quantitative estimate of drug-likeness (QED) is 0.744. The lowest BCUT2D eigenvalue weighted by atomic mass is 10.1. The van der Waals surface area contributed by atoms with E-state index in [0.717, 1.165) is 25.9 Å². The molecule has 1 fully saturated rings. The van der Waals surface area contributed by atoms with Crippen molar-refractivity contribution in [1.29, 1.82) is 0 Å². The Bertz CT molecular complexity index is 951. The van der Waals surface area contributed by atoms with E-state index in [4.69, 9.17) is 0 Å². The number of likely N-dealkylation sites (N-methyl/N-ethyl adjacent to an activating group) is 1. The number of nitrogens with one attached hydrogen (secondary N) is 1. The number of hydrogen-bond acceptors (Lipinski definition) is 4. The summed E-state index contributed by atoms with van der Waals surface area (Å²) in [6.07, 6.45) is -1.35. The lowest BCUT2D eigenvalue weighted by molar-refractivity contribution is -0.123. The smallest absolute Gasteiger partial charge is 0.282 e. The van der Waals surface area contributed by atoms with E-state index in [1.165, 1.54) is 12.1 Å². The van der Waals surface area contributed by atoms with E-state index in [1.54, 1.807) is 0 Å². The van der Waals surface area contributed by atoms with Crippen molar-refractivity contribution in [2.45, 2.75) is 38.8 Å². The van der Waals surface area contributed by atoms with Crippen molar-refractivity contribution in [1.82, 2.24) is 20.0 Å². The number of amides is 1. The molecule has 0 bridgehead atoms. The van der Waals surface area contributed by atoms with Gasteiger partial charge in [-0.05, 0) is 54.0 Å². The summed E-state index contributed by atoms with van der Waals surface area (Å²) in [7, 11) is 0. The molecule has 1 N–H and O–H groups in total. The number of halogens is 4. The fraction of sp³-hybridized carbons (Fsp3) is 0.500. The number of nitrogens with zero attached hydrogens (tertiary/aromatic N) is 3. The highest BCUT2D eigenvalue weighted by atomic mass is 79.9. The second-order valence-corrected chi connectivity index (χ2v) is 7.59. The van der Waals surface area contributed by atoms with E-state index < -0.39 is 41.3 Å². The lowest BCUT2D eigenvalue weighted by Gasteiger charge is -2.32. The van der Waals surface area contributed by atoms with Crippen molar-refractivity contribution in [2.24, 2.45) is 0 Å². The van der Waals surface area contributed by atoms with Crippen LogP contribution in [-0.4, -0.2) is 46.3 Å². The maximum absolute atomic E-state index is 14.3. The summed E-state index contributed by atoms with van der Waals surface area (Å²) in [6.45, 7) is 4.06. The van der Waals surface area contributed by atoms with Crippen molar-refractivity contribution >= 4 is 32.6 Å². The van der Waals surface area contributed by atoms with Gasteiger partial charge < -0.3 is 10.2 Å². The Morgan fingerprint density at radius 2 is 2.18 bits per heavy atom. The molecule has 6 nitrogen and oxygen atoms in total. The van der Waals surface area contributed by atoms with E-state index in [2.05, 4.69) is 31.2 Å². The molecular weight excluding hydrogens is 441 g/mol. The molecule has 0 radical (unpaired) electrons. The zero-order valence-electron chi connectivity index (χ0n) is 15.2. The van der Waals surface area contributed by atoms with Gasteiger partial charge in [0.2, 0.25) is 5.91 Å². The molecule has 1 aromatic carbocycles. The third kappa shape index (κ3) is 4.22. The first kappa shape index (κ1) is 20.8. The van der Waals surface area contributed by atoms with Gasteiger partial charge in [0.1, 0.15) is 18.1 Å². The summed E-state index contributed by atoms with van der Waals surface area (Å²) in [5.74, 6) is -1.47. The predicted molar refractivity (Wildman–Crippen MR) is 102 cm³/mol. The van der Waals surface area contributed by atoms with Crippen molar-refractivity contribution in [3.05, 3.63) is 38.5 Å². The van der Waals surface area contributed by atoms with Crippen LogP contribution < -0.4 is 10.9 Å². The molecule has 10 heteroatoms. The summed E-state index contributed by atoms with van der Waals surface area (Å²) >= 11 is 2.92. The third-order valence-electron chi connectivity index (χ3n) is 4.86. The highest BCUT2D eigenvalue weighted by Crippen LogP contribution is 2.29. The molecule has 152 valence electrons. The van der Waals surface area contributed by atoms with Gasteiger partial charge in [-0.25, -0.2) is 17.9 Å². The van der Waals surface area contributed by atoms with Crippen molar-refractivity contribution in [2.75, 3.05) is 19.6 Å². The topological polar surface area (TPSA) is 67.2 Å². The number of carbonyl (C=O) groups is 1. The first-order chi connectivity index (χ1) is 13.3. The van der Waals surface area contributed by atoms with Gasteiger partial charge in [0.05, 0.1) is 15.2 Å². The standard InChI is InChI=1S/C18H20BrF3N4O2/c1-2-25-7-3-4-10(8-25)23-13(27)9-26-18(28)11-5-6-12(19)15(20)14(11)16(24-26)17(21)22/h5-6,10,17H,2-4,7-9H2,1H3,(H,23,27)/t10-/m1/s1. The minimum Gasteiger partial charge on any atom is -0.350 e. The lowest BCUT2D eigenvalue weighted by Crippen LogP contribution is -2.48. The Morgan fingerprint density at radius 1 is 1.43 bits per heavy atom. The normalized spacial score (nSPS) is 18.0. The van der Waals surface area contributed by atoms with Crippen LogP contribution in [0.15, 0.2) is 21.4 Å². The van der Waals surface area contributed by atoms with Gasteiger partial charge in [-0.1, -0.05) is 6.92 Å². The first-order valence-corrected chi connectivity index (χ1v) is 9.79. The van der Waals surface area contributed by atoms with E-state index in [9.17, 15) is 22.8 Å². The maximum Gasteiger partial charge on any atom is 0.282 e. The molecule has 0 saturated carbocycles. The van der Waals surface area contributed by atoms with Crippen LogP contribution in [0, 0.1) is 5.82 Å². The fourth-order valence-corrected chi connectivity index (χ4v) is 3.80. The zero-order chi connectivity index (χ0) is 20.4. The second kappa shape index (κ2) is 8.60. The van der Waals surface area contributed by atoms with Gasteiger partial charge in [-0.2, -0.15) is 5.10 Å². The molecule has 28 heavy (non-hydrogen) atoms. The molecule has 1 amide bonds. The number of benzene rings is 1. The molecule has 1 atom stereocenters. The Balaban J connectivity index is 1.89. The molecule has 1 aromatic heterocycles. The molecule has 1 aliphatic heterocycles. The van der Waals surface area contributed by atoms with E-state index in [-0.39, 0.29) is 15.9 Å². The third-order valence-corrected chi connectivity index (χ3v) is 5.47. The Labute approximate surface area is 167 Å². The molecular formula is C18H20BrF3N4O2. The van der Waals surface area contributed by atoms with Gasteiger partial charge in [0, 0.05) is 12.6 Å². The van der Waals surface area contributed by atoms with Crippen LogP contribution in [0.25, 0.3) is 10.8 Å². The Kier molecular flexibility index (Phi) is 6.39. The number of aromatic nitrogens is 2. The number of hydrogen-bond donors (Lipinski definition) is 1. The monoisotopic (exact) mass is 460 g/mol. The SMILES string of the molecule is CCN1CCC[C@@H](NC(=O)Cn2nc(C(F)F)c3c(F)c(Br)ccc3c2=O)C1. The van der Waals surface area contributed by atoms with Crippen molar-refractivity contribution in [3.8, 4) is 0 Å². The molecule has 2 heterocycles. The average Bonchev–Trinajstić information content (AvgIpc) is 2.66. The number of carbonyl (C=O) groups excluding carboxylic acids is 1. The van der Waals surface area contributed by atoms with Gasteiger partial charge >= 0.3 is 0 Å². The Hall–Kier alpha value is -1.94. The van der Waals surface area contributed by atoms with Crippen LogP contribution in [-0.2, 0) is 11.3 Å². The number of likely N-dealkylation sites (tertiary alicyclic amines) is 1. The van der Waals surface area contributed by atoms with Crippen molar-refractivity contribution in [3.63, 3.8) is 0 Å². The molecule has 0 spiro atoms. The zero-order valence-corrected chi connectivity index (χ0v) is 16.8. The molecule has 0 aliphatic carbocycles. The maximum atomic E-state index is 14.3. The summed E-state index contributed by atoms with van der Waals surface area (Å²) in [4.78, 5) is 27.1. The minimum absolute atomic E-state index is 0.0450. The van der Waals surface area contributed by atoms with E-state index in [1.807, 2.05) is 6.92 Å². The first-order valence-electron chi connectivity index (χ1n) is 9.00. The summed E-state index contributed by atoms with van der Waals surface area (Å²) in [5, 5.41) is 5.64. The fourth-order valence-electron chi connectivity index (χ4n) is 3.47. The van der Waals surface area contributed by atoms with Crippen LogP contribution in [0.2, 0.25) is 0 Å². The summed E-state index contributed by atoms with van der Waals surface area (Å²) in [5.41, 5.74) is -1.66. The Morgan fingerprint density at radius 3 is 2.86 bits per heavy atom. The number of fused-ring (bicyclic) bond motifs is 1. The molecule has 3 rings (SSSR count). The van der Waals surface area contributed by atoms with Crippen LogP contribution in [0.4, 0.5) is 13.2 Å². The number of alkyl halides is 2. The molecule has 2 aromatic rings. The van der Waals surface area contributed by atoms with E-state index >= 15 is 0 Å². The molecule has 1 saturated heterocycles. The van der Waals surface area contributed by atoms with Crippen LogP contribution in [0.1, 0.15) is 31.9 Å². The summed E-state index contributed by atoms with van der Waals surface area (Å²) in [6, 6.07) is 2.44. The van der Waals surface area contributed by atoms with Crippen LogP contribution in [0.3, 0.4) is 0 Å². The number of piperidine rings is 1. The highest BCUT2D eigenvalue weighted by Gasteiger charge is 2.24. The van der Waals surface area contributed by atoms with Crippen molar-refractivity contribution < 1.29 is 18.0 Å². The van der Waals surface area contributed by atoms with Gasteiger partial charge in [-0.3, -0.25) is 9.59 Å². The minimum atomic E-state index is -3.10.